The summed E-state index contributed by atoms with van der Waals surface area (Å²) in [6.07, 6.45) is -5.67. The quantitative estimate of drug-likeness (QED) is 0.395. The number of anilines is 1. The van der Waals surface area contributed by atoms with E-state index in [4.69, 9.17) is 20.9 Å². The molecule has 3 heterocycles. The second-order valence-electron chi connectivity index (χ2n) is 7.06. The van der Waals surface area contributed by atoms with Crippen molar-refractivity contribution in [1.29, 1.82) is 0 Å². The van der Waals surface area contributed by atoms with Crippen LogP contribution in [0.25, 0.3) is 33.4 Å². The van der Waals surface area contributed by atoms with Crippen LogP contribution >= 0.6 is 0 Å². The Kier molecular flexibility index (Phi) is 2.18. The number of fused-ring (bicyclic) bond motifs is 2. The fourth-order valence-electron chi connectivity index (χ4n) is 3.81. The Morgan fingerprint density at radius 2 is 1.84 bits per heavy atom. The number of hydrogen-bond acceptors (Lipinski definition) is 3. The van der Waals surface area contributed by atoms with Crippen molar-refractivity contribution in [3.8, 4) is 22.5 Å². The van der Waals surface area contributed by atoms with E-state index in [1.807, 2.05) is 0 Å². The highest BCUT2D eigenvalue weighted by Crippen LogP contribution is 2.42. The molecule has 1 N–H and O–H groups in total. The maximum Gasteiger partial charge on any atom is 0.336 e. The van der Waals surface area contributed by atoms with Gasteiger partial charge in [-0.05, 0) is 36.2 Å². The molecular weight excluding hydrogens is 388 g/mol. The number of nitrogens with zero attached hydrogens (tertiary/aromatic N) is 2. The van der Waals surface area contributed by atoms with Gasteiger partial charge in [-0.2, -0.15) is 0 Å². The molecule has 4 aliphatic rings. The van der Waals surface area contributed by atoms with E-state index in [1.54, 1.807) is 18.2 Å². The van der Waals surface area contributed by atoms with Gasteiger partial charge in [0.15, 0.2) is 0 Å². The van der Waals surface area contributed by atoms with E-state index >= 15 is 0 Å². The van der Waals surface area contributed by atoms with Gasteiger partial charge in [0.2, 0.25) is 5.36 Å². The van der Waals surface area contributed by atoms with Crippen molar-refractivity contribution in [2.24, 2.45) is 0 Å². The molecule has 0 radical (unpaired) electrons. The Labute approximate surface area is 196 Å². The molecule has 2 aromatic carbocycles. The summed E-state index contributed by atoms with van der Waals surface area (Å²) in [7, 11) is 0. The highest BCUT2D eigenvalue weighted by molar-refractivity contribution is 6.07. The van der Waals surface area contributed by atoms with Crippen LogP contribution in [0.15, 0.2) is 65.1 Å². The van der Waals surface area contributed by atoms with Gasteiger partial charge in [0.05, 0.1) is 18.0 Å². The van der Waals surface area contributed by atoms with Crippen molar-refractivity contribution in [2.45, 2.75) is 12.7 Å². The lowest BCUT2D eigenvalue weighted by Gasteiger charge is -2.33. The predicted molar refractivity (Wildman–Crippen MR) is 122 cm³/mol. The van der Waals surface area contributed by atoms with Crippen molar-refractivity contribution in [3.63, 3.8) is 0 Å². The molecule has 31 heavy (non-hydrogen) atoms. The Balaban J connectivity index is 1.69. The topological polar surface area (TPSA) is 56.7 Å². The summed E-state index contributed by atoms with van der Waals surface area (Å²) in [6.45, 7) is -10.9. The fourth-order valence-corrected chi connectivity index (χ4v) is 3.81. The Morgan fingerprint density at radius 1 is 1.00 bits per heavy atom. The van der Waals surface area contributed by atoms with Crippen LogP contribution in [0.5, 0.6) is 0 Å². The molecule has 1 aliphatic carbocycles. The smallest absolute Gasteiger partial charge is 0.336 e. The summed E-state index contributed by atoms with van der Waals surface area (Å²) in [4.78, 5) is 12.8. The summed E-state index contributed by atoms with van der Waals surface area (Å²) < 4.78 is 104. The highest BCUT2D eigenvalue weighted by atomic mass is 16.4. The zero-order valence-corrected chi connectivity index (χ0v) is 15.9. The van der Waals surface area contributed by atoms with Gasteiger partial charge in [0, 0.05) is 58.3 Å². The first-order valence-corrected chi connectivity index (χ1v) is 9.48. The first-order valence-electron chi connectivity index (χ1n) is 15.5. The second kappa shape index (κ2) is 6.98. The normalized spacial score (nSPS) is 31.2. The van der Waals surface area contributed by atoms with Gasteiger partial charge < -0.3 is 14.4 Å². The molecule has 0 saturated carbocycles. The minimum absolute atomic E-state index is 0.0290. The van der Waals surface area contributed by atoms with E-state index in [0.29, 0.717) is 26.0 Å². The minimum atomic E-state index is -2.84. The van der Waals surface area contributed by atoms with Crippen LogP contribution in [-0.4, -0.2) is 37.1 Å². The molecule has 0 spiro atoms. The van der Waals surface area contributed by atoms with Crippen molar-refractivity contribution < 1.29 is 30.8 Å². The Hall–Kier alpha value is -3.60. The van der Waals surface area contributed by atoms with Crippen LogP contribution in [-0.2, 0) is 0 Å². The van der Waals surface area contributed by atoms with E-state index in [-0.39, 0.29) is 33.5 Å². The second-order valence-corrected chi connectivity index (χ2v) is 7.06. The van der Waals surface area contributed by atoms with Gasteiger partial charge in [-0.1, -0.05) is 18.2 Å². The van der Waals surface area contributed by atoms with Gasteiger partial charge in [-0.3, -0.25) is 0 Å². The van der Waals surface area contributed by atoms with Gasteiger partial charge in [0.1, 0.15) is 29.8 Å². The molecule has 2 fully saturated rings. The van der Waals surface area contributed by atoms with E-state index in [2.05, 4.69) is 0 Å². The largest absolute Gasteiger partial charge is 0.478 e. The van der Waals surface area contributed by atoms with Crippen molar-refractivity contribution in [2.75, 3.05) is 30.9 Å². The average Bonchev–Trinajstić information content (AvgIpc) is 2.90. The van der Waals surface area contributed by atoms with Crippen molar-refractivity contribution in [3.05, 3.63) is 71.6 Å². The van der Waals surface area contributed by atoms with Gasteiger partial charge in [-0.25, -0.2) is 9.37 Å². The number of carboxylic acid groups (broad SMARTS) is 1. The molecule has 5 nitrogen and oxygen atoms in total. The van der Waals surface area contributed by atoms with E-state index in [1.165, 1.54) is 42.5 Å². The molecule has 0 amide bonds. The lowest BCUT2D eigenvalue weighted by molar-refractivity contribution is 0.0697. The van der Waals surface area contributed by atoms with Gasteiger partial charge in [0.25, 0.3) is 0 Å². The SMILES string of the molecule is [2H]C1([2H])N(c2ccc3c(-c4ccccc4C(=O)O)c4ccc(=[N+]5C([2H])([2H])C([2H])([2H])C5([2H])[2H])cc-4oc3c2)C([2H])([2H])C1([2H])[2H]. The fraction of sp³-hybridized carbons (Fsp3) is 0.231. The first-order chi connectivity index (χ1) is 19.7. The lowest BCUT2D eigenvalue weighted by atomic mass is 9.90. The summed E-state index contributed by atoms with van der Waals surface area (Å²) in [5.41, 5.74) is 0.907. The molecule has 2 saturated heterocycles. The third-order valence-corrected chi connectivity index (χ3v) is 5.30. The highest BCUT2D eigenvalue weighted by Gasteiger charge is 2.24. The summed E-state index contributed by atoms with van der Waals surface area (Å²) in [6, 6.07) is 14.4. The molecule has 3 aliphatic heterocycles. The number of hydrogen-bond donors (Lipinski definition) is 1. The molecule has 154 valence electrons. The minimum Gasteiger partial charge on any atom is -0.478 e. The van der Waals surface area contributed by atoms with Crippen LogP contribution in [0.4, 0.5) is 5.69 Å². The van der Waals surface area contributed by atoms with E-state index < -0.39 is 44.7 Å². The monoisotopic (exact) mass is 423 g/mol. The number of carboxylic acids is 1. The van der Waals surface area contributed by atoms with Gasteiger partial charge >= 0.3 is 5.97 Å². The zero-order chi connectivity index (χ0) is 31.7. The first kappa shape index (κ1) is 9.69. The van der Waals surface area contributed by atoms with Gasteiger partial charge in [-0.15, -0.1) is 0 Å². The summed E-state index contributed by atoms with van der Waals surface area (Å²) >= 11 is 0. The van der Waals surface area contributed by atoms with Crippen LogP contribution in [0.2, 0.25) is 0 Å². The lowest BCUT2D eigenvalue weighted by Crippen LogP contribution is -2.40. The van der Waals surface area contributed by atoms with E-state index in [9.17, 15) is 9.90 Å². The maximum atomic E-state index is 12.2. The molecule has 0 atom stereocenters. The number of benzene rings is 3. The van der Waals surface area contributed by atoms with Crippen LogP contribution in [0, 0.1) is 0 Å². The molecule has 5 heteroatoms. The molecule has 0 bridgehead atoms. The van der Waals surface area contributed by atoms with Crippen LogP contribution in [0.1, 0.15) is 39.6 Å². The third-order valence-electron chi connectivity index (χ3n) is 5.30. The maximum absolute atomic E-state index is 12.2. The summed E-state index contributed by atoms with van der Waals surface area (Å²) in [5.74, 6) is -1.19. The molecular formula is C26H23N2O3+. The number of carbonyl (C=O) groups is 1. The Bertz CT molecular complexity index is 1860. The van der Waals surface area contributed by atoms with Crippen molar-refractivity contribution >= 4 is 22.6 Å². The Morgan fingerprint density at radius 3 is 2.68 bits per heavy atom. The standard InChI is InChI=1S/C26H22N2O3/c29-26(30)20-6-2-1-5-19(20)25-21-9-7-17(27-11-3-12-27)15-23(21)31-24-16-18(8-10-22(24)25)28-13-4-14-28/h1-2,5-10,15-16H,3-4,11-14H2/p+1/i3D2,4D2,11D2,12D2,13D2,14D2. The molecule has 2 aromatic rings. The van der Waals surface area contributed by atoms with Crippen LogP contribution in [0.3, 0.4) is 0 Å². The molecule has 6 rings (SSSR count). The summed E-state index contributed by atoms with van der Waals surface area (Å²) in [5, 5.41) is 10.2. The number of aromatic carboxylic acids is 1. The molecule has 0 aromatic heterocycles. The zero-order valence-electron chi connectivity index (χ0n) is 27.9. The average molecular weight is 424 g/mol. The predicted octanol–water partition coefficient (Wildman–Crippen LogP) is 4.29. The molecule has 0 unspecified atom stereocenters. The van der Waals surface area contributed by atoms with Crippen molar-refractivity contribution in [1.82, 2.24) is 4.58 Å². The number of rotatable bonds is 3. The van der Waals surface area contributed by atoms with E-state index in [0.717, 1.165) is 0 Å². The third kappa shape index (κ3) is 2.92. The van der Waals surface area contributed by atoms with Crippen LogP contribution < -0.4 is 14.8 Å².